The summed E-state index contributed by atoms with van der Waals surface area (Å²) in [7, 11) is 0. The van der Waals surface area contributed by atoms with E-state index in [0.717, 1.165) is 30.3 Å². The van der Waals surface area contributed by atoms with E-state index in [9.17, 15) is 9.18 Å². The maximum atomic E-state index is 13.5. The Morgan fingerprint density at radius 3 is 3.12 bits per heavy atom. The number of carbonyl (C=O) groups excluding carboxylic acids is 1. The van der Waals surface area contributed by atoms with E-state index in [0.29, 0.717) is 17.9 Å². The number of nitrogens with one attached hydrogen (secondary N) is 1. The number of thioether (sulfide) groups is 1. The molecule has 0 bridgehead atoms. The van der Waals surface area contributed by atoms with Crippen molar-refractivity contribution in [2.45, 2.75) is 24.6 Å². The van der Waals surface area contributed by atoms with E-state index in [2.05, 4.69) is 15.2 Å². The van der Waals surface area contributed by atoms with Gasteiger partial charge < -0.3 is 10.2 Å². The lowest BCUT2D eigenvalue weighted by molar-refractivity contribution is -0.122. The second-order valence-electron chi connectivity index (χ2n) is 5.60. The fourth-order valence-corrected chi connectivity index (χ4v) is 4.35. The van der Waals surface area contributed by atoms with E-state index in [4.69, 9.17) is 0 Å². The fraction of sp³-hybridized carbons (Fsp3) is 0.412. The summed E-state index contributed by atoms with van der Waals surface area (Å²) in [5.74, 6) is 1.29. The van der Waals surface area contributed by atoms with Crippen molar-refractivity contribution >= 4 is 34.1 Å². The van der Waals surface area contributed by atoms with Gasteiger partial charge in [-0.25, -0.2) is 9.37 Å². The molecule has 3 rings (SSSR count). The predicted octanol–water partition coefficient (Wildman–Crippen LogP) is 3.30. The number of nitrogens with zero attached hydrogens (tertiary/aromatic N) is 2. The molecule has 0 aliphatic carbocycles. The van der Waals surface area contributed by atoms with Gasteiger partial charge in [0.1, 0.15) is 11.9 Å². The van der Waals surface area contributed by atoms with Gasteiger partial charge in [0.25, 0.3) is 0 Å². The second-order valence-corrected chi connectivity index (χ2v) is 7.58. The molecule has 7 heteroatoms. The molecule has 0 saturated carbocycles. The highest BCUT2D eigenvalue weighted by Crippen LogP contribution is 2.27. The molecule has 0 unspecified atom stereocenters. The molecule has 1 saturated heterocycles. The molecule has 1 aromatic heterocycles. The summed E-state index contributed by atoms with van der Waals surface area (Å²) in [6, 6.07) is 6.69. The van der Waals surface area contributed by atoms with Crippen molar-refractivity contribution in [3.05, 3.63) is 47.2 Å². The van der Waals surface area contributed by atoms with Gasteiger partial charge >= 0.3 is 0 Å². The Balaban J connectivity index is 1.40. The molecule has 1 aliphatic rings. The summed E-state index contributed by atoms with van der Waals surface area (Å²) >= 11 is 3.19. The second kappa shape index (κ2) is 8.48. The van der Waals surface area contributed by atoms with Crippen LogP contribution in [0.5, 0.6) is 0 Å². The minimum absolute atomic E-state index is 0.0641. The Hall–Kier alpha value is -1.60. The first-order valence-corrected chi connectivity index (χ1v) is 10.0. The van der Waals surface area contributed by atoms with Gasteiger partial charge in [0.05, 0.1) is 0 Å². The fourth-order valence-electron chi connectivity index (χ4n) is 2.79. The zero-order valence-corrected chi connectivity index (χ0v) is 14.9. The van der Waals surface area contributed by atoms with E-state index in [-0.39, 0.29) is 17.8 Å². The van der Waals surface area contributed by atoms with Crippen LogP contribution in [0.4, 0.5) is 9.52 Å². The standard InChI is InChI=1S/C17H20FN3OS2/c18-14-5-2-1-4-13(14)12-23-10-7-19-16(22)15-6-3-9-21(15)17-20-8-11-24-17/h1-2,4-5,8,11,15H,3,6-7,9-10,12H2,(H,19,22)/t15-/m1/s1. The monoisotopic (exact) mass is 365 g/mol. The average Bonchev–Trinajstić information content (AvgIpc) is 3.27. The van der Waals surface area contributed by atoms with E-state index in [1.165, 1.54) is 6.07 Å². The van der Waals surface area contributed by atoms with Gasteiger partial charge in [-0.15, -0.1) is 11.3 Å². The summed E-state index contributed by atoms with van der Waals surface area (Å²) in [4.78, 5) is 18.8. The molecule has 2 aromatic rings. The average molecular weight is 365 g/mol. The van der Waals surface area contributed by atoms with Crippen molar-refractivity contribution in [1.82, 2.24) is 10.3 Å². The number of anilines is 1. The molecule has 128 valence electrons. The number of thiazole rings is 1. The van der Waals surface area contributed by atoms with Gasteiger partial charge in [-0.1, -0.05) is 18.2 Å². The molecular formula is C17H20FN3OS2. The third-order valence-electron chi connectivity index (χ3n) is 3.98. The zero-order valence-electron chi connectivity index (χ0n) is 13.3. The van der Waals surface area contributed by atoms with Crippen molar-refractivity contribution in [3.63, 3.8) is 0 Å². The lowest BCUT2D eigenvalue weighted by Gasteiger charge is -2.23. The normalized spacial score (nSPS) is 17.2. The number of hydrogen-bond acceptors (Lipinski definition) is 5. The van der Waals surface area contributed by atoms with Crippen molar-refractivity contribution in [3.8, 4) is 0 Å². The largest absolute Gasteiger partial charge is 0.353 e. The topological polar surface area (TPSA) is 45.2 Å². The molecule has 0 radical (unpaired) electrons. The van der Waals surface area contributed by atoms with Crippen LogP contribution in [0, 0.1) is 5.82 Å². The SMILES string of the molecule is O=C(NCCSCc1ccccc1F)[C@H]1CCCN1c1nccs1. The third-order valence-corrected chi connectivity index (χ3v) is 5.80. The lowest BCUT2D eigenvalue weighted by atomic mass is 10.2. The molecule has 0 spiro atoms. The molecule has 1 N–H and O–H groups in total. The summed E-state index contributed by atoms with van der Waals surface area (Å²) in [6.45, 7) is 1.48. The van der Waals surface area contributed by atoms with Gasteiger partial charge in [0.15, 0.2) is 5.13 Å². The summed E-state index contributed by atoms with van der Waals surface area (Å²) < 4.78 is 13.5. The van der Waals surface area contributed by atoms with Crippen LogP contribution in [-0.4, -0.2) is 35.8 Å². The molecule has 1 amide bonds. The van der Waals surface area contributed by atoms with E-state index < -0.39 is 0 Å². The molecule has 1 fully saturated rings. The first kappa shape index (κ1) is 17.2. The van der Waals surface area contributed by atoms with Crippen molar-refractivity contribution < 1.29 is 9.18 Å². The Kier molecular flexibility index (Phi) is 6.09. The molecule has 1 atom stereocenters. The predicted molar refractivity (Wildman–Crippen MR) is 98.1 cm³/mol. The number of halogens is 1. The van der Waals surface area contributed by atoms with Crippen molar-refractivity contribution in [2.24, 2.45) is 0 Å². The number of amides is 1. The Bertz CT molecular complexity index is 666. The first-order valence-electron chi connectivity index (χ1n) is 8.00. The minimum atomic E-state index is -0.168. The smallest absolute Gasteiger partial charge is 0.242 e. The number of carbonyl (C=O) groups is 1. The van der Waals surface area contributed by atoms with Crippen molar-refractivity contribution in [2.75, 3.05) is 23.7 Å². The van der Waals surface area contributed by atoms with E-state index in [1.54, 1.807) is 41.4 Å². The highest BCUT2D eigenvalue weighted by atomic mass is 32.2. The Labute approximate surface area is 149 Å². The van der Waals surface area contributed by atoms with Crippen LogP contribution in [0.3, 0.4) is 0 Å². The number of rotatable bonds is 7. The summed E-state index contributed by atoms with van der Waals surface area (Å²) in [5.41, 5.74) is 0.708. The van der Waals surface area contributed by atoms with Crippen LogP contribution in [0.25, 0.3) is 0 Å². The molecule has 24 heavy (non-hydrogen) atoms. The maximum Gasteiger partial charge on any atom is 0.242 e. The zero-order chi connectivity index (χ0) is 16.8. The van der Waals surface area contributed by atoms with Gasteiger partial charge in [0, 0.05) is 36.2 Å². The van der Waals surface area contributed by atoms with Crippen molar-refractivity contribution in [1.29, 1.82) is 0 Å². The van der Waals surface area contributed by atoms with Crippen LogP contribution < -0.4 is 10.2 Å². The molecule has 2 heterocycles. The van der Waals surface area contributed by atoms with Gasteiger partial charge in [-0.3, -0.25) is 4.79 Å². The molecule has 1 aromatic carbocycles. The Morgan fingerprint density at radius 2 is 2.33 bits per heavy atom. The Morgan fingerprint density at radius 1 is 1.46 bits per heavy atom. The quantitative estimate of drug-likeness (QED) is 0.765. The van der Waals surface area contributed by atoms with Crippen LogP contribution in [0.15, 0.2) is 35.8 Å². The number of hydrogen-bond donors (Lipinski definition) is 1. The molecule has 1 aliphatic heterocycles. The van der Waals surface area contributed by atoms with Crippen LogP contribution in [0.1, 0.15) is 18.4 Å². The number of benzene rings is 1. The summed E-state index contributed by atoms with van der Waals surface area (Å²) in [5, 5.41) is 5.85. The molecular weight excluding hydrogens is 345 g/mol. The minimum Gasteiger partial charge on any atom is -0.353 e. The van der Waals surface area contributed by atoms with Gasteiger partial charge in [-0.2, -0.15) is 11.8 Å². The van der Waals surface area contributed by atoms with E-state index in [1.807, 2.05) is 11.4 Å². The van der Waals surface area contributed by atoms with Gasteiger partial charge in [-0.05, 0) is 24.5 Å². The first-order chi connectivity index (χ1) is 11.8. The number of aromatic nitrogens is 1. The van der Waals surface area contributed by atoms with Gasteiger partial charge in [0.2, 0.25) is 5.91 Å². The van der Waals surface area contributed by atoms with Crippen LogP contribution >= 0.6 is 23.1 Å². The highest BCUT2D eigenvalue weighted by Gasteiger charge is 2.31. The van der Waals surface area contributed by atoms with E-state index >= 15 is 0 Å². The summed E-state index contributed by atoms with van der Waals surface area (Å²) in [6.07, 6.45) is 3.65. The maximum absolute atomic E-state index is 13.5. The third kappa shape index (κ3) is 4.27. The van der Waals surface area contributed by atoms with Crippen LogP contribution in [-0.2, 0) is 10.5 Å². The van der Waals surface area contributed by atoms with Crippen LogP contribution in [0.2, 0.25) is 0 Å². The lowest BCUT2D eigenvalue weighted by Crippen LogP contribution is -2.44. The molecule has 4 nitrogen and oxygen atoms in total. The highest BCUT2D eigenvalue weighted by molar-refractivity contribution is 7.98.